The van der Waals surface area contributed by atoms with E-state index in [-0.39, 0.29) is 0 Å². The van der Waals surface area contributed by atoms with Gasteiger partial charge in [-0.15, -0.1) is 0 Å². The van der Waals surface area contributed by atoms with Gasteiger partial charge < -0.3 is 14.8 Å². The maximum absolute atomic E-state index is 6.18. The number of hydrogen-bond donors (Lipinski definition) is 1. The molecule has 0 atom stereocenters. The van der Waals surface area contributed by atoms with Crippen LogP contribution in [-0.2, 0) is 13.2 Å². The quantitative estimate of drug-likeness (QED) is 0.568. The van der Waals surface area contributed by atoms with Crippen LogP contribution in [0.4, 0.5) is 5.69 Å². The van der Waals surface area contributed by atoms with Gasteiger partial charge in [-0.1, -0.05) is 53.6 Å². The predicted octanol–water partition coefficient (Wildman–Crippen LogP) is 5.85. The summed E-state index contributed by atoms with van der Waals surface area (Å²) in [6, 6.07) is 21.9. The van der Waals surface area contributed by atoms with Gasteiger partial charge in [0.05, 0.1) is 17.8 Å². The second-order valence-electron chi connectivity index (χ2n) is 6.08. The number of aryl methyl sites for hydroxylation is 1. The van der Waals surface area contributed by atoms with E-state index in [0.717, 1.165) is 28.3 Å². The van der Waals surface area contributed by atoms with Crippen LogP contribution < -0.4 is 14.8 Å². The maximum Gasteiger partial charge on any atom is 0.127 e. The van der Waals surface area contributed by atoms with Crippen molar-refractivity contribution in [3.8, 4) is 11.5 Å². The molecule has 0 aromatic heterocycles. The van der Waals surface area contributed by atoms with Gasteiger partial charge in [0.2, 0.25) is 0 Å². The number of benzene rings is 3. The lowest BCUT2D eigenvalue weighted by atomic mass is 10.1. The van der Waals surface area contributed by atoms with Crippen LogP contribution in [0.15, 0.2) is 66.7 Å². The van der Waals surface area contributed by atoms with Crippen LogP contribution in [-0.4, -0.2) is 7.11 Å². The van der Waals surface area contributed by atoms with Gasteiger partial charge >= 0.3 is 0 Å². The molecule has 3 aromatic carbocycles. The molecule has 0 aliphatic rings. The minimum Gasteiger partial charge on any atom is -0.496 e. The standard InChI is InChI=1S/C22H22ClNO2/c1-16-7-9-17(10-8-16)15-26-19-12-11-18(22(13-19)25-2)14-24-21-6-4-3-5-20(21)23/h3-13,24H,14-15H2,1-2H3. The third-order valence-electron chi connectivity index (χ3n) is 4.13. The molecule has 0 unspecified atom stereocenters. The molecule has 0 radical (unpaired) electrons. The number of nitrogens with one attached hydrogen (secondary N) is 1. The number of para-hydroxylation sites is 1. The lowest BCUT2D eigenvalue weighted by molar-refractivity contribution is 0.303. The Morgan fingerprint density at radius 2 is 1.73 bits per heavy atom. The van der Waals surface area contributed by atoms with Crippen molar-refractivity contribution in [1.29, 1.82) is 0 Å². The van der Waals surface area contributed by atoms with Crippen molar-refractivity contribution in [3.05, 3.63) is 88.4 Å². The summed E-state index contributed by atoms with van der Waals surface area (Å²) in [7, 11) is 1.66. The van der Waals surface area contributed by atoms with Crippen LogP contribution in [0.5, 0.6) is 11.5 Å². The average Bonchev–Trinajstić information content (AvgIpc) is 2.67. The Kier molecular flexibility index (Phi) is 6.03. The molecule has 0 saturated carbocycles. The SMILES string of the molecule is COc1cc(OCc2ccc(C)cc2)ccc1CNc1ccccc1Cl. The molecule has 134 valence electrons. The molecular weight excluding hydrogens is 346 g/mol. The zero-order valence-corrected chi connectivity index (χ0v) is 15.7. The Morgan fingerprint density at radius 3 is 2.46 bits per heavy atom. The summed E-state index contributed by atoms with van der Waals surface area (Å²) >= 11 is 6.18. The lowest BCUT2D eigenvalue weighted by Gasteiger charge is -2.14. The molecule has 0 spiro atoms. The van der Waals surface area contributed by atoms with E-state index in [0.29, 0.717) is 18.2 Å². The van der Waals surface area contributed by atoms with E-state index in [9.17, 15) is 0 Å². The Balaban J connectivity index is 1.65. The summed E-state index contributed by atoms with van der Waals surface area (Å²) in [5, 5.41) is 4.03. The highest BCUT2D eigenvalue weighted by molar-refractivity contribution is 6.33. The summed E-state index contributed by atoms with van der Waals surface area (Å²) < 4.78 is 11.4. The molecule has 1 N–H and O–H groups in total. The number of halogens is 1. The van der Waals surface area contributed by atoms with Gasteiger partial charge in [0.1, 0.15) is 18.1 Å². The molecule has 3 rings (SSSR count). The summed E-state index contributed by atoms with van der Waals surface area (Å²) in [4.78, 5) is 0. The molecule has 0 saturated heterocycles. The van der Waals surface area contributed by atoms with Gasteiger partial charge in [-0.3, -0.25) is 0 Å². The van der Waals surface area contributed by atoms with Crippen molar-refractivity contribution in [1.82, 2.24) is 0 Å². The van der Waals surface area contributed by atoms with E-state index in [1.165, 1.54) is 5.56 Å². The lowest BCUT2D eigenvalue weighted by Crippen LogP contribution is -2.03. The smallest absolute Gasteiger partial charge is 0.127 e. The van der Waals surface area contributed by atoms with Crippen LogP contribution in [0.2, 0.25) is 5.02 Å². The van der Waals surface area contributed by atoms with Crippen LogP contribution >= 0.6 is 11.6 Å². The monoisotopic (exact) mass is 367 g/mol. The van der Waals surface area contributed by atoms with E-state index in [1.807, 2.05) is 42.5 Å². The highest BCUT2D eigenvalue weighted by atomic mass is 35.5. The second kappa shape index (κ2) is 8.63. The molecule has 26 heavy (non-hydrogen) atoms. The first-order valence-electron chi connectivity index (χ1n) is 8.49. The van der Waals surface area contributed by atoms with Crippen LogP contribution in [0.3, 0.4) is 0 Å². The van der Waals surface area contributed by atoms with Gasteiger partial charge in [0.15, 0.2) is 0 Å². The Hall–Kier alpha value is -2.65. The van der Waals surface area contributed by atoms with Gasteiger partial charge in [0.25, 0.3) is 0 Å². The fourth-order valence-electron chi connectivity index (χ4n) is 2.61. The van der Waals surface area contributed by atoms with Crippen LogP contribution in [0, 0.1) is 6.92 Å². The number of methoxy groups -OCH3 is 1. The van der Waals surface area contributed by atoms with Gasteiger partial charge in [-0.2, -0.15) is 0 Å². The maximum atomic E-state index is 6.18. The number of hydrogen-bond acceptors (Lipinski definition) is 3. The van der Waals surface area contributed by atoms with Crippen molar-refractivity contribution in [2.75, 3.05) is 12.4 Å². The topological polar surface area (TPSA) is 30.5 Å². The van der Waals surface area contributed by atoms with Gasteiger partial charge in [-0.25, -0.2) is 0 Å². The third-order valence-corrected chi connectivity index (χ3v) is 4.46. The summed E-state index contributed by atoms with van der Waals surface area (Å²) in [5.74, 6) is 1.56. The molecule has 3 nitrogen and oxygen atoms in total. The minimum atomic E-state index is 0.528. The summed E-state index contributed by atoms with van der Waals surface area (Å²) in [5.41, 5.74) is 4.32. The zero-order chi connectivity index (χ0) is 18.4. The van der Waals surface area contributed by atoms with E-state index >= 15 is 0 Å². The number of ether oxygens (including phenoxy) is 2. The van der Waals surface area contributed by atoms with Crippen molar-refractivity contribution in [2.24, 2.45) is 0 Å². The second-order valence-corrected chi connectivity index (χ2v) is 6.49. The molecule has 3 aromatic rings. The Bertz CT molecular complexity index is 862. The van der Waals surface area contributed by atoms with Crippen molar-refractivity contribution < 1.29 is 9.47 Å². The Morgan fingerprint density at radius 1 is 0.962 bits per heavy atom. The summed E-state index contributed by atoms with van der Waals surface area (Å²) in [6.45, 7) is 3.22. The van der Waals surface area contributed by atoms with Crippen molar-refractivity contribution in [3.63, 3.8) is 0 Å². The molecule has 4 heteroatoms. The third kappa shape index (κ3) is 4.70. The molecule has 0 bridgehead atoms. The first-order chi connectivity index (χ1) is 12.7. The highest BCUT2D eigenvalue weighted by Gasteiger charge is 2.07. The fraction of sp³-hybridized carbons (Fsp3) is 0.182. The molecular formula is C22H22ClNO2. The molecule has 0 fully saturated rings. The van der Waals surface area contributed by atoms with Gasteiger partial charge in [0, 0.05) is 18.2 Å². The first-order valence-corrected chi connectivity index (χ1v) is 8.87. The van der Waals surface area contributed by atoms with E-state index in [1.54, 1.807) is 7.11 Å². The first kappa shape index (κ1) is 18.2. The summed E-state index contributed by atoms with van der Waals surface area (Å²) in [6.07, 6.45) is 0. The molecule has 0 heterocycles. The van der Waals surface area contributed by atoms with Crippen molar-refractivity contribution in [2.45, 2.75) is 20.1 Å². The normalized spacial score (nSPS) is 10.4. The zero-order valence-electron chi connectivity index (χ0n) is 15.0. The highest BCUT2D eigenvalue weighted by Crippen LogP contribution is 2.27. The average molecular weight is 368 g/mol. The minimum absolute atomic E-state index is 0.528. The van der Waals surface area contributed by atoms with E-state index < -0.39 is 0 Å². The Labute approximate surface area is 159 Å². The largest absolute Gasteiger partial charge is 0.496 e. The van der Waals surface area contributed by atoms with E-state index in [4.69, 9.17) is 21.1 Å². The fourth-order valence-corrected chi connectivity index (χ4v) is 2.81. The van der Waals surface area contributed by atoms with E-state index in [2.05, 4.69) is 36.5 Å². The molecule has 0 aliphatic heterocycles. The molecule has 0 aliphatic carbocycles. The van der Waals surface area contributed by atoms with Gasteiger partial charge in [-0.05, 0) is 36.8 Å². The number of rotatable bonds is 7. The predicted molar refractivity (Wildman–Crippen MR) is 107 cm³/mol. The van der Waals surface area contributed by atoms with Crippen LogP contribution in [0.25, 0.3) is 0 Å². The van der Waals surface area contributed by atoms with Crippen molar-refractivity contribution >= 4 is 17.3 Å². The number of anilines is 1. The van der Waals surface area contributed by atoms with Crippen LogP contribution in [0.1, 0.15) is 16.7 Å². The molecule has 0 amide bonds.